The minimum Gasteiger partial charge on any atom is -0.313 e. The van der Waals surface area contributed by atoms with Crippen molar-refractivity contribution < 1.29 is 4.39 Å². The van der Waals surface area contributed by atoms with Gasteiger partial charge in [0.15, 0.2) is 5.82 Å². The van der Waals surface area contributed by atoms with Crippen molar-refractivity contribution in [3.63, 3.8) is 0 Å². The molecule has 2 rings (SSSR count). The highest BCUT2D eigenvalue weighted by molar-refractivity contribution is 5.55. The van der Waals surface area contributed by atoms with Gasteiger partial charge in [-0.2, -0.15) is 0 Å². The third-order valence-electron chi connectivity index (χ3n) is 2.76. The van der Waals surface area contributed by atoms with E-state index in [4.69, 9.17) is 0 Å². The zero-order valence-electron chi connectivity index (χ0n) is 11.3. The molecular formula is C15H18FN3. The Morgan fingerprint density at radius 1 is 1.16 bits per heavy atom. The van der Waals surface area contributed by atoms with Gasteiger partial charge in [-0.3, -0.25) is 0 Å². The summed E-state index contributed by atoms with van der Waals surface area (Å²) in [6.07, 6.45) is 4.66. The average molecular weight is 259 g/mol. The highest BCUT2D eigenvalue weighted by Gasteiger charge is 2.04. The van der Waals surface area contributed by atoms with Crippen molar-refractivity contribution in [1.82, 2.24) is 15.3 Å². The molecule has 0 aliphatic carbocycles. The lowest BCUT2D eigenvalue weighted by Gasteiger charge is -2.05. The van der Waals surface area contributed by atoms with Crippen molar-refractivity contribution >= 4 is 0 Å². The van der Waals surface area contributed by atoms with Gasteiger partial charge < -0.3 is 5.32 Å². The fraction of sp³-hybridized carbons (Fsp3) is 0.333. The van der Waals surface area contributed by atoms with E-state index in [1.807, 2.05) is 13.0 Å². The summed E-state index contributed by atoms with van der Waals surface area (Å²) in [6.45, 7) is 5.72. The Kier molecular flexibility index (Phi) is 4.58. The third-order valence-corrected chi connectivity index (χ3v) is 2.76. The van der Waals surface area contributed by atoms with Crippen LogP contribution < -0.4 is 5.32 Å². The lowest BCUT2D eigenvalue weighted by atomic mass is 10.1. The van der Waals surface area contributed by atoms with Crippen LogP contribution in [0.4, 0.5) is 4.39 Å². The molecule has 0 radical (unpaired) electrons. The molecule has 2 aromatic rings. The van der Waals surface area contributed by atoms with Crippen LogP contribution >= 0.6 is 0 Å². The molecule has 0 fully saturated rings. The first-order valence-corrected chi connectivity index (χ1v) is 6.48. The maximum atomic E-state index is 13.3. The highest BCUT2D eigenvalue weighted by Crippen LogP contribution is 2.17. The molecule has 0 amide bonds. The summed E-state index contributed by atoms with van der Waals surface area (Å²) in [5.41, 5.74) is 2.61. The van der Waals surface area contributed by atoms with Gasteiger partial charge in [-0.15, -0.1) is 0 Å². The SMILES string of the molecule is CCCNCc1cnc(-c2cc(C)cc(F)c2)nc1. The molecule has 1 aromatic heterocycles. The van der Waals surface area contributed by atoms with Gasteiger partial charge in [0.2, 0.25) is 0 Å². The van der Waals surface area contributed by atoms with Crippen LogP contribution in [0.1, 0.15) is 24.5 Å². The average Bonchev–Trinajstić information content (AvgIpc) is 2.39. The molecule has 4 heteroatoms. The number of rotatable bonds is 5. The Bertz CT molecular complexity index is 517. The number of nitrogens with zero attached hydrogens (tertiary/aromatic N) is 2. The topological polar surface area (TPSA) is 37.8 Å². The Labute approximate surface area is 112 Å². The summed E-state index contributed by atoms with van der Waals surface area (Å²) in [6, 6.07) is 4.83. The van der Waals surface area contributed by atoms with Crippen LogP contribution in [0.3, 0.4) is 0 Å². The van der Waals surface area contributed by atoms with Crippen LogP contribution in [0, 0.1) is 12.7 Å². The lowest BCUT2D eigenvalue weighted by Crippen LogP contribution is -2.14. The molecule has 0 spiro atoms. The molecule has 0 atom stereocenters. The van der Waals surface area contributed by atoms with Crippen LogP contribution in [0.25, 0.3) is 11.4 Å². The highest BCUT2D eigenvalue weighted by atomic mass is 19.1. The number of nitrogens with one attached hydrogen (secondary N) is 1. The van der Waals surface area contributed by atoms with Gasteiger partial charge in [0, 0.05) is 30.1 Å². The molecule has 100 valence electrons. The Morgan fingerprint density at radius 3 is 2.53 bits per heavy atom. The minimum atomic E-state index is -0.257. The Balaban J connectivity index is 2.13. The fourth-order valence-electron chi connectivity index (χ4n) is 1.87. The van der Waals surface area contributed by atoms with Crippen LogP contribution in [-0.2, 0) is 6.54 Å². The molecule has 1 aromatic carbocycles. The summed E-state index contributed by atoms with van der Waals surface area (Å²) in [7, 11) is 0. The molecule has 0 saturated carbocycles. The predicted molar refractivity (Wildman–Crippen MR) is 74.2 cm³/mol. The standard InChI is InChI=1S/C15H18FN3/c1-3-4-17-8-12-9-18-15(19-10-12)13-5-11(2)6-14(16)7-13/h5-7,9-10,17H,3-4,8H2,1-2H3. The molecule has 0 aliphatic rings. The smallest absolute Gasteiger partial charge is 0.159 e. The number of aryl methyl sites for hydroxylation is 1. The number of aromatic nitrogens is 2. The second-order valence-corrected chi connectivity index (χ2v) is 4.61. The van der Waals surface area contributed by atoms with E-state index in [1.165, 1.54) is 12.1 Å². The van der Waals surface area contributed by atoms with E-state index in [2.05, 4.69) is 22.2 Å². The number of hydrogen-bond donors (Lipinski definition) is 1. The van der Waals surface area contributed by atoms with Crippen molar-refractivity contribution in [2.45, 2.75) is 26.8 Å². The Morgan fingerprint density at radius 2 is 1.89 bits per heavy atom. The van der Waals surface area contributed by atoms with Crippen molar-refractivity contribution in [2.75, 3.05) is 6.54 Å². The second-order valence-electron chi connectivity index (χ2n) is 4.61. The van der Waals surface area contributed by atoms with Gasteiger partial charge in [0.25, 0.3) is 0 Å². The first-order valence-electron chi connectivity index (χ1n) is 6.48. The number of benzene rings is 1. The van der Waals surface area contributed by atoms with Crippen LogP contribution in [-0.4, -0.2) is 16.5 Å². The number of halogens is 1. The van der Waals surface area contributed by atoms with E-state index >= 15 is 0 Å². The molecule has 1 heterocycles. The zero-order chi connectivity index (χ0) is 13.7. The van der Waals surface area contributed by atoms with Gasteiger partial charge in [-0.05, 0) is 43.7 Å². The lowest BCUT2D eigenvalue weighted by molar-refractivity contribution is 0.627. The first kappa shape index (κ1) is 13.6. The molecule has 0 bridgehead atoms. The van der Waals surface area contributed by atoms with Crippen LogP contribution in [0.15, 0.2) is 30.6 Å². The predicted octanol–water partition coefficient (Wildman–Crippen LogP) is 3.09. The minimum absolute atomic E-state index is 0.257. The molecule has 0 aliphatic heterocycles. The van der Waals surface area contributed by atoms with Gasteiger partial charge in [0.05, 0.1) is 0 Å². The molecule has 3 nitrogen and oxygen atoms in total. The largest absolute Gasteiger partial charge is 0.313 e. The summed E-state index contributed by atoms with van der Waals surface area (Å²) < 4.78 is 13.3. The molecular weight excluding hydrogens is 241 g/mol. The number of hydrogen-bond acceptors (Lipinski definition) is 3. The summed E-state index contributed by atoms with van der Waals surface area (Å²) >= 11 is 0. The van der Waals surface area contributed by atoms with E-state index in [0.29, 0.717) is 11.4 Å². The third kappa shape index (κ3) is 3.83. The fourth-order valence-corrected chi connectivity index (χ4v) is 1.87. The molecule has 19 heavy (non-hydrogen) atoms. The van der Waals surface area contributed by atoms with E-state index in [0.717, 1.165) is 30.6 Å². The van der Waals surface area contributed by atoms with E-state index in [-0.39, 0.29) is 5.82 Å². The van der Waals surface area contributed by atoms with Crippen molar-refractivity contribution in [2.24, 2.45) is 0 Å². The van der Waals surface area contributed by atoms with E-state index in [1.54, 1.807) is 12.4 Å². The van der Waals surface area contributed by atoms with E-state index in [9.17, 15) is 4.39 Å². The van der Waals surface area contributed by atoms with Crippen LogP contribution in [0.5, 0.6) is 0 Å². The maximum absolute atomic E-state index is 13.3. The molecule has 1 N–H and O–H groups in total. The van der Waals surface area contributed by atoms with Crippen molar-refractivity contribution in [3.8, 4) is 11.4 Å². The van der Waals surface area contributed by atoms with Crippen molar-refractivity contribution in [3.05, 3.63) is 47.5 Å². The summed E-state index contributed by atoms with van der Waals surface area (Å²) in [5.74, 6) is 0.300. The summed E-state index contributed by atoms with van der Waals surface area (Å²) in [4.78, 5) is 8.58. The van der Waals surface area contributed by atoms with Gasteiger partial charge in [0.1, 0.15) is 5.82 Å². The second kappa shape index (κ2) is 6.38. The zero-order valence-corrected chi connectivity index (χ0v) is 11.3. The maximum Gasteiger partial charge on any atom is 0.159 e. The van der Waals surface area contributed by atoms with Crippen molar-refractivity contribution in [1.29, 1.82) is 0 Å². The van der Waals surface area contributed by atoms with Gasteiger partial charge in [-0.25, -0.2) is 14.4 Å². The van der Waals surface area contributed by atoms with Gasteiger partial charge >= 0.3 is 0 Å². The molecule has 0 saturated heterocycles. The molecule has 0 unspecified atom stereocenters. The summed E-state index contributed by atoms with van der Waals surface area (Å²) in [5, 5.41) is 3.29. The van der Waals surface area contributed by atoms with E-state index < -0.39 is 0 Å². The quantitative estimate of drug-likeness (QED) is 0.838. The first-order chi connectivity index (χ1) is 9.19. The normalized spacial score (nSPS) is 10.7. The van der Waals surface area contributed by atoms with Crippen LogP contribution in [0.2, 0.25) is 0 Å². The van der Waals surface area contributed by atoms with Gasteiger partial charge in [-0.1, -0.05) is 6.92 Å². The Hall–Kier alpha value is -1.81. The monoisotopic (exact) mass is 259 g/mol.